The van der Waals surface area contributed by atoms with Gasteiger partial charge in [-0.05, 0) is 18.0 Å². The van der Waals surface area contributed by atoms with Crippen LogP contribution >= 0.6 is 0 Å². The quantitative estimate of drug-likeness (QED) is 0.192. The van der Waals surface area contributed by atoms with Gasteiger partial charge in [0.1, 0.15) is 12.1 Å². The predicted molar refractivity (Wildman–Crippen MR) is 40.1 cm³/mol. The molecule has 0 radical (unpaired) electrons. The van der Waals surface area contributed by atoms with Gasteiger partial charge in [0.05, 0.1) is 0 Å². The first-order valence-corrected chi connectivity index (χ1v) is 3.74. The lowest BCUT2D eigenvalue weighted by Gasteiger charge is -2.06. The lowest BCUT2D eigenvalue weighted by molar-refractivity contribution is -0.140. The number of hydrogen-bond donors (Lipinski definition) is 0. The van der Waals surface area contributed by atoms with Crippen molar-refractivity contribution in [2.45, 2.75) is 18.6 Å². The Morgan fingerprint density at radius 1 is 1.75 bits per heavy atom. The second-order valence-corrected chi connectivity index (χ2v) is 2.88. The number of carbonyl (C=O) groups is 1. The fourth-order valence-corrected chi connectivity index (χ4v) is 1.65. The normalized spacial score (nSPS) is 37.3. The zero-order chi connectivity index (χ0) is 8.55. The largest absolute Gasteiger partial charge is 0.457 e. The highest BCUT2D eigenvalue weighted by Gasteiger charge is 2.44. The Morgan fingerprint density at radius 3 is 3.33 bits per heavy atom. The molecule has 0 bridgehead atoms. The summed E-state index contributed by atoms with van der Waals surface area (Å²) in [5, 5.41) is 3.41. The standard InChI is InChI=1S/C7H7N3O2/c8-10-9-6-4-2-1-3-5(4)12-7(6)11/h1,3-6H,2H2/t4-,5+,6-/m0/s1. The molecule has 1 heterocycles. The predicted octanol–water partition coefficient (Wildman–Crippen LogP) is 1.17. The van der Waals surface area contributed by atoms with Gasteiger partial charge < -0.3 is 4.74 Å². The van der Waals surface area contributed by atoms with Crippen LogP contribution in [0.25, 0.3) is 10.4 Å². The maximum atomic E-state index is 11.1. The van der Waals surface area contributed by atoms with Crippen molar-refractivity contribution in [1.82, 2.24) is 0 Å². The number of carbonyl (C=O) groups excluding carboxylic acids is 1. The Hall–Kier alpha value is -1.48. The Morgan fingerprint density at radius 2 is 2.58 bits per heavy atom. The van der Waals surface area contributed by atoms with Gasteiger partial charge in [0.15, 0.2) is 0 Å². The molecule has 0 aromatic rings. The summed E-state index contributed by atoms with van der Waals surface area (Å²) in [6.45, 7) is 0. The summed E-state index contributed by atoms with van der Waals surface area (Å²) in [6.07, 6.45) is 4.39. The highest BCUT2D eigenvalue weighted by Crippen LogP contribution is 2.33. The second-order valence-electron chi connectivity index (χ2n) is 2.88. The van der Waals surface area contributed by atoms with E-state index < -0.39 is 12.0 Å². The monoisotopic (exact) mass is 165 g/mol. The molecule has 1 fully saturated rings. The molecule has 3 atom stereocenters. The first-order chi connectivity index (χ1) is 5.83. The third-order valence-electron chi connectivity index (χ3n) is 2.23. The number of nitrogens with zero attached hydrogens (tertiary/aromatic N) is 3. The number of allylic oxidation sites excluding steroid dienone is 1. The van der Waals surface area contributed by atoms with Crippen LogP contribution in [0.5, 0.6) is 0 Å². The van der Waals surface area contributed by atoms with Crippen molar-refractivity contribution in [2.75, 3.05) is 0 Å². The molecule has 0 aromatic heterocycles. The van der Waals surface area contributed by atoms with Crippen molar-refractivity contribution in [2.24, 2.45) is 11.0 Å². The van der Waals surface area contributed by atoms with E-state index in [0.717, 1.165) is 6.42 Å². The van der Waals surface area contributed by atoms with Crippen LogP contribution < -0.4 is 0 Å². The lowest BCUT2D eigenvalue weighted by atomic mass is 9.99. The summed E-state index contributed by atoms with van der Waals surface area (Å²) in [6, 6.07) is -0.616. The molecule has 2 aliphatic rings. The van der Waals surface area contributed by atoms with Crippen molar-refractivity contribution in [3.63, 3.8) is 0 Å². The third-order valence-corrected chi connectivity index (χ3v) is 2.23. The van der Waals surface area contributed by atoms with Gasteiger partial charge in [-0.1, -0.05) is 11.2 Å². The van der Waals surface area contributed by atoms with Crippen molar-refractivity contribution >= 4 is 5.97 Å². The first-order valence-electron chi connectivity index (χ1n) is 3.74. The maximum Gasteiger partial charge on any atom is 0.315 e. The third kappa shape index (κ3) is 0.871. The number of rotatable bonds is 1. The second kappa shape index (κ2) is 2.53. The highest BCUT2D eigenvalue weighted by atomic mass is 16.6. The highest BCUT2D eigenvalue weighted by molar-refractivity contribution is 5.79. The van der Waals surface area contributed by atoms with Gasteiger partial charge in [0.2, 0.25) is 0 Å². The Bertz CT molecular complexity index is 293. The molecule has 12 heavy (non-hydrogen) atoms. The minimum Gasteiger partial charge on any atom is -0.457 e. The SMILES string of the molecule is [N-]=[N+]=N[C@@H]1C(=O)O[C@@H]2C=CC[C@H]12. The van der Waals surface area contributed by atoms with Gasteiger partial charge in [-0.2, -0.15) is 0 Å². The van der Waals surface area contributed by atoms with Gasteiger partial charge in [-0.3, -0.25) is 4.79 Å². The summed E-state index contributed by atoms with van der Waals surface area (Å²) in [7, 11) is 0. The molecule has 0 N–H and O–H groups in total. The summed E-state index contributed by atoms with van der Waals surface area (Å²) in [5.74, 6) is -0.361. The first kappa shape index (κ1) is 7.18. The maximum absolute atomic E-state index is 11.1. The van der Waals surface area contributed by atoms with E-state index in [1.807, 2.05) is 12.2 Å². The fourth-order valence-electron chi connectivity index (χ4n) is 1.65. The van der Waals surface area contributed by atoms with Gasteiger partial charge in [-0.25, -0.2) is 0 Å². The molecule has 5 heteroatoms. The van der Waals surface area contributed by atoms with E-state index >= 15 is 0 Å². The van der Waals surface area contributed by atoms with Gasteiger partial charge >= 0.3 is 5.97 Å². The molecule has 1 saturated heterocycles. The van der Waals surface area contributed by atoms with Crippen molar-refractivity contribution < 1.29 is 9.53 Å². The van der Waals surface area contributed by atoms with Crippen LogP contribution in [0, 0.1) is 5.92 Å². The molecule has 5 nitrogen and oxygen atoms in total. The number of azide groups is 1. The van der Waals surface area contributed by atoms with Crippen LogP contribution in [0.2, 0.25) is 0 Å². The zero-order valence-corrected chi connectivity index (χ0v) is 6.25. The summed E-state index contributed by atoms with van der Waals surface area (Å²) in [5.41, 5.74) is 8.19. The minimum absolute atomic E-state index is 0.0356. The van der Waals surface area contributed by atoms with Crippen LogP contribution in [-0.4, -0.2) is 18.1 Å². The molecule has 1 aliphatic heterocycles. The number of ether oxygens (including phenoxy) is 1. The minimum atomic E-state index is -0.616. The molecule has 0 unspecified atom stereocenters. The van der Waals surface area contributed by atoms with E-state index in [1.165, 1.54) is 0 Å². The number of fused-ring (bicyclic) bond motifs is 1. The summed E-state index contributed by atoms with van der Waals surface area (Å²) in [4.78, 5) is 13.7. The number of hydrogen-bond acceptors (Lipinski definition) is 3. The van der Waals surface area contributed by atoms with E-state index in [2.05, 4.69) is 10.0 Å². The molecule has 0 aromatic carbocycles. The van der Waals surface area contributed by atoms with Gasteiger partial charge in [-0.15, -0.1) is 0 Å². The Labute approximate surface area is 68.6 Å². The Kier molecular flexibility index (Phi) is 1.52. The number of esters is 1. The molecule has 0 spiro atoms. The van der Waals surface area contributed by atoms with E-state index in [0.29, 0.717) is 0 Å². The fraction of sp³-hybridized carbons (Fsp3) is 0.571. The average Bonchev–Trinajstić information content (AvgIpc) is 2.56. The van der Waals surface area contributed by atoms with Crippen LogP contribution in [0.3, 0.4) is 0 Å². The molecule has 2 rings (SSSR count). The van der Waals surface area contributed by atoms with Gasteiger partial charge in [0, 0.05) is 10.8 Å². The Balaban J connectivity index is 2.24. The smallest absolute Gasteiger partial charge is 0.315 e. The molecule has 0 saturated carbocycles. The van der Waals surface area contributed by atoms with Crippen LogP contribution in [0.15, 0.2) is 17.3 Å². The van der Waals surface area contributed by atoms with E-state index in [4.69, 9.17) is 10.3 Å². The zero-order valence-electron chi connectivity index (χ0n) is 6.25. The summed E-state index contributed by atoms with van der Waals surface area (Å²) < 4.78 is 4.96. The van der Waals surface area contributed by atoms with Crippen molar-refractivity contribution in [1.29, 1.82) is 0 Å². The van der Waals surface area contributed by atoms with E-state index in [-0.39, 0.29) is 12.0 Å². The van der Waals surface area contributed by atoms with Crippen molar-refractivity contribution in [3.8, 4) is 0 Å². The van der Waals surface area contributed by atoms with Crippen molar-refractivity contribution in [3.05, 3.63) is 22.6 Å². The molecular formula is C7H7N3O2. The summed E-state index contributed by atoms with van der Waals surface area (Å²) >= 11 is 0. The van der Waals surface area contributed by atoms with Crippen LogP contribution in [0.4, 0.5) is 0 Å². The van der Waals surface area contributed by atoms with E-state index in [9.17, 15) is 4.79 Å². The molecule has 1 aliphatic carbocycles. The van der Waals surface area contributed by atoms with Crippen LogP contribution in [-0.2, 0) is 9.53 Å². The van der Waals surface area contributed by atoms with E-state index in [1.54, 1.807) is 0 Å². The average molecular weight is 165 g/mol. The van der Waals surface area contributed by atoms with Gasteiger partial charge in [0.25, 0.3) is 0 Å². The molecular weight excluding hydrogens is 158 g/mol. The van der Waals surface area contributed by atoms with Crippen LogP contribution in [0.1, 0.15) is 6.42 Å². The lowest BCUT2D eigenvalue weighted by Crippen LogP contribution is -2.19. The molecule has 62 valence electrons. The topological polar surface area (TPSA) is 75.1 Å². The molecule has 0 amide bonds.